The Morgan fingerprint density at radius 1 is 1.21 bits per heavy atom. The molecule has 0 aliphatic rings. The van der Waals surface area contributed by atoms with E-state index in [1.54, 1.807) is 0 Å². The zero-order valence-corrected chi connectivity index (χ0v) is 12.1. The lowest BCUT2D eigenvalue weighted by molar-refractivity contribution is 0.543. The van der Waals surface area contributed by atoms with Crippen molar-refractivity contribution in [3.05, 3.63) is 64.4 Å². The van der Waals surface area contributed by atoms with Crippen LogP contribution in [-0.2, 0) is 6.42 Å². The number of likely N-dealkylation sites (N-methyl/N-ethyl adjacent to an activating group) is 1. The maximum absolute atomic E-state index is 5.95. The second kappa shape index (κ2) is 6.69. The van der Waals surface area contributed by atoms with Gasteiger partial charge in [-0.3, -0.25) is 4.98 Å². The molecule has 3 heteroatoms. The molecule has 1 heterocycles. The molecule has 1 unspecified atom stereocenters. The topological polar surface area (TPSA) is 24.9 Å². The van der Waals surface area contributed by atoms with E-state index in [1.807, 2.05) is 24.4 Å². The molecule has 2 nitrogen and oxygen atoms in total. The van der Waals surface area contributed by atoms with E-state index >= 15 is 0 Å². The smallest absolute Gasteiger partial charge is 0.0451 e. The van der Waals surface area contributed by atoms with Crippen molar-refractivity contribution in [2.45, 2.75) is 26.3 Å². The van der Waals surface area contributed by atoms with Gasteiger partial charge in [0.25, 0.3) is 0 Å². The zero-order chi connectivity index (χ0) is 13.7. The number of aromatic nitrogens is 1. The van der Waals surface area contributed by atoms with Crippen LogP contribution < -0.4 is 5.32 Å². The summed E-state index contributed by atoms with van der Waals surface area (Å²) in [4.78, 5) is 4.48. The number of nitrogens with one attached hydrogen (secondary N) is 1. The number of nitrogens with zero attached hydrogens (tertiary/aromatic N) is 1. The molecule has 1 aromatic heterocycles. The first-order chi connectivity index (χ1) is 9.20. The van der Waals surface area contributed by atoms with Crippen LogP contribution in [0.25, 0.3) is 0 Å². The SMILES string of the molecule is CCNC(Cc1ncccc1C)c1ccc(Cl)cc1. The van der Waals surface area contributed by atoms with Gasteiger partial charge in [0.15, 0.2) is 0 Å². The minimum absolute atomic E-state index is 0.274. The van der Waals surface area contributed by atoms with E-state index in [-0.39, 0.29) is 6.04 Å². The number of hydrogen-bond donors (Lipinski definition) is 1. The van der Waals surface area contributed by atoms with E-state index in [9.17, 15) is 0 Å². The van der Waals surface area contributed by atoms with Gasteiger partial charge in [-0.25, -0.2) is 0 Å². The van der Waals surface area contributed by atoms with E-state index in [2.05, 4.69) is 42.3 Å². The molecular formula is C16H19ClN2. The Bertz CT molecular complexity index is 523. The molecule has 0 radical (unpaired) electrons. The summed E-state index contributed by atoms with van der Waals surface area (Å²) in [5.41, 5.74) is 3.62. The molecule has 0 saturated carbocycles. The first-order valence-corrected chi connectivity index (χ1v) is 6.98. The Labute approximate surface area is 119 Å². The van der Waals surface area contributed by atoms with Gasteiger partial charge < -0.3 is 5.32 Å². The molecule has 0 fully saturated rings. The van der Waals surface area contributed by atoms with E-state index in [1.165, 1.54) is 11.1 Å². The van der Waals surface area contributed by atoms with Crippen molar-refractivity contribution < 1.29 is 0 Å². The molecular weight excluding hydrogens is 256 g/mol. The van der Waals surface area contributed by atoms with E-state index in [4.69, 9.17) is 11.6 Å². The van der Waals surface area contributed by atoms with E-state index < -0.39 is 0 Å². The average molecular weight is 275 g/mol. The van der Waals surface area contributed by atoms with Crippen LogP contribution >= 0.6 is 11.6 Å². The third kappa shape index (κ3) is 3.79. The molecule has 19 heavy (non-hydrogen) atoms. The van der Waals surface area contributed by atoms with Crippen molar-refractivity contribution in [2.75, 3.05) is 6.54 Å². The molecule has 2 aromatic rings. The van der Waals surface area contributed by atoms with Gasteiger partial charge in [-0.1, -0.05) is 36.7 Å². The summed E-state index contributed by atoms with van der Waals surface area (Å²) in [5, 5.41) is 4.28. The molecule has 1 atom stereocenters. The van der Waals surface area contributed by atoms with Crippen LogP contribution in [0.2, 0.25) is 5.02 Å². The molecule has 1 N–H and O–H groups in total. The van der Waals surface area contributed by atoms with Crippen LogP contribution in [0.3, 0.4) is 0 Å². The quantitative estimate of drug-likeness (QED) is 0.893. The zero-order valence-electron chi connectivity index (χ0n) is 11.4. The van der Waals surface area contributed by atoms with Crippen LogP contribution in [0, 0.1) is 6.92 Å². The lowest BCUT2D eigenvalue weighted by Crippen LogP contribution is -2.23. The largest absolute Gasteiger partial charge is 0.310 e. The maximum atomic E-state index is 5.95. The fraction of sp³-hybridized carbons (Fsp3) is 0.312. The van der Waals surface area contributed by atoms with Gasteiger partial charge in [0, 0.05) is 29.4 Å². The van der Waals surface area contributed by atoms with Crippen molar-refractivity contribution in [1.29, 1.82) is 0 Å². The lowest BCUT2D eigenvalue weighted by Gasteiger charge is -2.19. The Morgan fingerprint density at radius 2 is 1.95 bits per heavy atom. The van der Waals surface area contributed by atoms with Gasteiger partial charge in [0.05, 0.1) is 0 Å². The fourth-order valence-electron chi connectivity index (χ4n) is 2.17. The summed E-state index contributed by atoms with van der Waals surface area (Å²) in [7, 11) is 0. The number of aryl methyl sites for hydroxylation is 1. The summed E-state index contributed by atoms with van der Waals surface area (Å²) < 4.78 is 0. The van der Waals surface area contributed by atoms with Crippen LogP contribution in [-0.4, -0.2) is 11.5 Å². The van der Waals surface area contributed by atoms with Crippen LogP contribution in [0.5, 0.6) is 0 Å². The van der Waals surface area contributed by atoms with Gasteiger partial charge in [0.2, 0.25) is 0 Å². The standard InChI is InChI=1S/C16H19ClN2/c1-3-18-16(13-6-8-14(17)9-7-13)11-15-12(2)5-4-10-19-15/h4-10,16,18H,3,11H2,1-2H3. The lowest BCUT2D eigenvalue weighted by atomic mass is 9.99. The van der Waals surface area contributed by atoms with Crippen molar-refractivity contribution >= 4 is 11.6 Å². The summed E-state index contributed by atoms with van der Waals surface area (Å²) in [5.74, 6) is 0. The van der Waals surface area contributed by atoms with E-state index in [0.29, 0.717) is 0 Å². The second-order valence-corrected chi connectivity index (χ2v) is 5.07. The second-order valence-electron chi connectivity index (χ2n) is 4.63. The van der Waals surface area contributed by atoms with Crippen LogP contribution in [0.15, 0.2) is 42.6 Å². The predicted molar refractivity (Wildman–Crippen MR) is 80.5 cm³/mol. The number of hydrogen-bond acceptors (Lipinski definition) is 2. The minimum atomic E-state index is 0.274. The monoisotopic (exact) mass is 274 g/mol. The van der Waals surface area contributed by atoms with Crippen molar-refractivity contribution in [1.82, 2.24) is 10.3 Å². The molecule has 0 amide bonds. The van der Waals surface area contributed by atoms with E-state index in [0.717, 1.165) is 23.7 Å². The summed E-state index contributed by atoms with van der Waals surface area (Å²) >= 11 is 5.95. The summed E-state index contributed by atoms with van der Waals surface area (Å²) in [6.07, 6.45) is 2.75. The van der Waals surface area contributed by atoms with Gasteiger partial charge in [0.1, 0.15) is 0 Å². The summed E-state index contributed by atoms with van der Waals surface area (Å²) in [6, 6.07) is 12.4. The molecule has 0 saturated heterocycles. The number of rotatable bonds is 5. The molecule has 0 spiro atoms. The fourth-order valence-corrected chi connectivity index (χ4v) is 2.30. The third-order valence-corrected chi connectivity index (χ3v) is 3.49. The predicted octanol–water partition coefficient (Wildman–Crippen LogP) is 3.94. The molecule has 2 rings (SSSR count). The Hall–Kier alpha value is -1.38. The molecule has 1 aromatic carbocycles. The van der Waals surface area contributed by atoms with Gasteiger partial charge in [-0.05, 0) is 42.8 Å². The number of halogens is 1. The first-order valence-electron chi connectivity index (χ1n) is 6.60. The van der Waals surface area contributed by atoms with Crippen molar-refractivity contribution in [3.8, 4) is 0 Å². The average Bonchev–Trinajstić information content (AvgIpc) is 2.42. The normalized spacial score (nSPS) is 12.4. The number of pyridine rings is 1. The minimum Gasteiger partial charge on any atom is -0.310 e. The highest BCUT2D eigenvalue weighted by molar-refractivity contribution is 6.30. The molecule has 0 aliphatic heterocycles. The Kier molecular flexibility index (Phi) is 4.94. The Morgan fingerprint density at radius 3 is 2.58 bits per heavy atom. The van der Waals surface area contributed by atoms with Crippen LogP contribution in [0.1, 0.15) is 29.8 Å². The highest BCUT2D eigenvalue weighted by Crippen LogP contribution is 2.21. The third-order valence-electron chi connectivity index (χ3n) is 3.24. The summed E-state index contributed by atoms with van der Waals surface area (Å²) in [6.45, 7) is 5.15. The first kappa shape index (κ1) is 14.0. The van der Waals surface area contributed by atoms with Gasteiger partial charge >= 0.3 is 0 Å². The van der Waals surface area contributed by atoms with Gasteiger partial charge in [-0.2, -0.15) is 0 Å². The Balaban J connectivity index is 2.21. The highest BCUT2D eigenvalue weighted by atomic mass is 35.5. The molecule has 0 bridgehead atoms. The highest BCUT2D eigenvalue weighted by Gasteiger charge is 2.13. The molecule has 100 valence electrons. The number of benzene rings is 1. The maximum Gasteiger partial charge on any atom is 0.0451 e. The molecule has 0 aliphatic carbocycles. The van der Waals surface area contributed by atoms with Crippen molar-refractivity contribution in [2.24, 2.45) is 0 Å². The van der Waals surface area contributed by atoms with Crippen LogP contribution in [0.4, 0.5) is 0 Å². The van der Waals surface area contributed by atoms with Crippen molar-refractivity contribution in [3.63, 3.8) is 0 Å². The van der Waals surface area contributed by atoms with Gasteiger partial charge in [-0.15, -0.1) is 0 Å².